The van der Waals surface area contributed by atoms with Crippen LogP contribution in [0.2, 0.25) is 0 Å². The zero-order valence-corrected chi connectivity index (χ0v) is 9.80. The van der Waals surface area contributed by atoms with Gasteiger partial charge in [0.15, 0.2) is 5.76 Å². The lowest BCUT2D eigenvalue weighted by Crippen LogP contribution is -2.22. The Morgan fingerprint density at radius 1 is 1.50 bits per heavy atom. The van der Waals surface area contributed by atoms with Crippen LogP contribution in [0.4, 0.5) is 0 Å². The molecule has 0 bridgehead atoms. The summed E-state index contributed by atoms with van der Waals surface area (Å²) in [6, 6.07) is 5.37. The third-order valence-corrected chi connectivity index (χ3v) is 2.92. The summed E-state index contributed by atoms with van der Waals surface area (Å²) in [7, 11) is 0. The fraction of sp³-hybridized carbons (Fsp3) is 0.308. The summed E-state index contributed by atoms with van der Waals surface area (Å²) in [6.45, 7) is 0.355. The van der Waals surface area contributed by atoms with Crippen molar-refractivity contribution >= 4 is 5.91 Å². The largest absolute Gasteiger partial charge is 0.359 e. The highest BCUT2D eigenvalue weighted by Crippen LogP contribution is 2.39. The lowest BCUT2D eigenvalue weighted by atomic mass is 10.2. The molecule has 18 heavy (non-hydrogen) atoms. The fourth-order valence-electron chi connectivity index (χ4n) is 1.75. The van der Waals surface area contributed by atoms with Crippen molar-refractivity contribution in [1.29, 1.82) is 0 Å². The van der Waals surface area contributed by atoms with Gasteiger partial charge in [-0.15, -0.1) is 0 Å². The van der Waals surface area contributed by atoms with Crippen molar-refractivity contribution in [1.82, 2.24) is 15.5 Å². The number of nitrogens with zero attached hydrogens (tertiary/aromatic N) is 2. The van der Waals surface area contributed by atoms with E-state index in [1.54, 1.807) is 18.3 Å². The van der Waals surface area contributed by atoms with Crippen LogP contribution in [0.5, 0.6) is 0 Å². The molecule has 1 aliphatic carbocycles. The molecule has 0 spiro atoms. The minimum absolute atomic E-state index is 0.160. The quantitative estimate of drug-likeness (QED) is 0.890. The molecule has 3 rings (SSSR count). The van der Waals surface area contributed by atoms with E-state index in [1.165, 1.54) is 19.0 Å². The highest BCUT2D eigenvalue weighted by molar-refractivity contribution is 5.93. The molecule has 1 saturated carbocycles. The molecule has 5 heteroatoms. The van der Waals surface area contributed by atoms with E-state index < -0.39 is 0 Å². The molecule has 2 heterocycles. The monoisotopic (exact) mass is 243 g/mol. The second-order valence-corrected chi connectivity index (χ2v) is 4.42. The third kappa shape index (κ3) is 2.40. The van der Waals surface area contributed by atoms with Crippen LogP contribution in [0.3, 0.4) is 0 Å². The van der Waals surface area contributed by atoms with Crippen molar-refractivity contribution in [3.63, 3.8) is 0 Å². The molecule has 5 nitrogen and oxygen atoms in total. The molecule has 0 aromatic carbocycles. The summed E-state index contributed by atoms with van der Waals surface area (Å²) in [5.41, 5.74) is 1.54. The second-order valence-electron chi connectivity index (χ2n) is 4.42. The van der Waals surface area contributed by atoms with Gasteiger partial charge in [-0.3, -0.25) is 9.78 Å². The minimum atomic E-state index is -0.160. The van der Waals surface area contributed by atoms with E-state index in [0.29, 0.717) is 23.8 Å². The van der Waals surface area contributed by atoms with Gasteiger partial charge in [-0.1, -0.05) is 5.16 Å². The highest BCUT2D eigenvalue weighted by atomic mass is 16.5. The Morgan fingerprint density at radius 2 is 2.39 bits per heavy atom. The van der Waals surface area contributed by atoms with Crippen molar-refractivity contribution in [2.24, 2.45) is 0 Å². The van der Waals surface area contributed by atoms with Crippen LogP contribution < -0.4 is 5.32 Å². The summed E-state index contributed by atoms with van der Waals surface area (Å²) >= 11 is 0. The topological polar surface area (TPSA) is 68.0 Å². The molecule has 2 aromatic heterocycles. The Labute approximate surface area is 104 Å². The average molecular weight is 243 g/mol. The predicted octanol–water partition coefficient (Wildman–Crippen LogP) is 1.88. The van der Waals surface area contributed by atoms with Gasteiger partial charge in [-0.05, 0) is 25.0 Å². The van der Waals surface area contributed by atoms with Gasteiger partial charge in [-0.25, -0.2) is 0 Å². The Balaban J connectivity index is 1.58. The first-order chi connectivity index (χ1) is 8.83. The second kappa shape index (κ2) is 4.60. The maximum atomic E-state index is 11.8. The zero-order chi connectivity index (χ0) is 12.4. The molecule has 0 aliphatic heterocycles. The summed E-state index contributed by atoms with van der Waals surface area (Å²) in [5, 5.41) is 6.77. The van der Waals surface area contributed by atoms with Crippen LogP contribution >= 0.6 is 0 Å². The number of carbonyl (C=O) groups is 1. The number of aromatic nitrogens is 2. The zero-order valence-electron chi connectivity index (χ0n) is 9.80. The molecular formula is C13H13N3O2. The minimum Gasteiger partial charge on any atom is -0.359 e. The van der Waals surface area contributed by atoms with Crippen molar-refractivity contribution in [3.8, 4) is 0 Å². The summed E-state index contributed by atoms with van der Waals surface area (Å²) < 4.78 is 5.17. The number of amides is 1. The van der Waals surface area contributed by atoms with Crippen LogP contribution in [0.15, 0.2) is 35.1 Å². The van der Waals surface area contributed by atoms with E-state index in [0.717, 1.165) is 5.69 Å². The fourth-order valence-corrected chi connectivity index (χ4v) is 1.75. The van der Waals surface area contributed by atoms with E-state index in [2.05, 4.69) is 15.5 Å². The van der Waals surface area contributed by atoms with E-state index in [4.69, 9.17) is 4.52 Å². The Morgan fingerprint density at radius 3 is 3.11 bits per heavy atom. The van der Waals surface area contributed by atoms with E-state index >= 15 is 0 Å². The maximum absolute atomic E-state index is 11.8. The molecule has 2 aromatic rings. The first-order valence-electron chi connectivity index (χ1n) is 5.96. The van der Waals surface area contributed by atoms with Crippen molar-refractivity contribution in [2.75, 3.05) is 0 Å². The molecule has 0 radical (unpaired) electrons. The first-order valence-corrected chi connectivity index (χ1v) is 5.96. The van der Waals surface area contributed by atoms with Gasteiger partial charge in [0, 0.05) is 24.4 Å². The molecule has 0 atom stereocenters. The molecule has 1 amide bonds. The Bertz CT molecular complexity index is 546. The lowest BCUT2D eigenvalue weighted by molar-refractivity contribution is 0.0946. The third-order valence-electron chi connectivity index (χ3n) is 2.92. The molecule has 0 saturated heterocycles. The van der Waals surface area contributed by atoms with E-state index in [1.807, 2.05) is 6.07 Å². The predicted molar refractivity (Wildman–Crippen MR) is 63.9 cm³/mol. The summed E-state index contributed by atoms with van der Waals surface area (Å²) in [6.07, 6.45) is 5.54. The number of nitrogens with one attached hydrogen (secondary N) is 1. The summed E-state index contributed by atoms with van der Waals surface area (Å²) in [4.78, 5) is 15.7. The Hall–Kier alpha value is -2.17. The number of pyridine rings is 1. The molecular weight excluding hydrogens is 230 g/mol. The van der Waals surface area contributed by atoms with E-state index in [9.17, 15) is 4.79 Å². The van der Waals surface area contributed by atoms with Crippen LogP contribution in [-0.4, -0.2) is 16.0 Å². The number of carbonyl (C=O) groups excluding carboxylic acids is 1. The van der Waals surface area contributed by atoms with Crippen molar-refractivity contribution in [3.05, 3.63) is 47.6 Å². The van der Waals surface area contributed by atoms with Gasteiger partial charge in [0.1, 0.15) is 0 Å². The van der Waals surface area contributed by atoms with Gasteiger partial charge in [0.25, 0.3) is 5.91 Å². The highest BCUT2D eigenvalue weighted by Gasteiger charge is 2.27. The van der Waals surface area contributed by atoms with Crippen LogP contribution in [0.25, 0.3) is 0 Å². The van der Waals surface area contributed by atoms with Crippen LogP contribution in [0.1, 0.15) is 40.6 Å². The molecule has 1 N–H and O–H groups in total. The van der Waals surface area contributed by atoms with Crippen LogP contribution in [0, 0.1) is 0 Å². The number of hydrogen-bond donors (Lipinski definition) is 1. The van der Waals surface area contributed by atoms with Gasteiger partial charge in [-0.2, -0.15) is 0 Å². The summed E-state index contributed by atoms with van der Waals surface area (Å²) in [5.74, 6) is 1.10. The molecule has 92 valence electrons. The van der Waals surface area contributed by atoms with Crippen molar-refractivity contribution in [2.45, 2.75) is 25.3 Å². The smallest absolute Gasteiger partial charge is 0.253 e. The molecule has 1 aliphatic rings. The van der Waals surface area contributed by atoms with E-state index in [-0.39, 0.29) is 5.91 Å². The van der Waals surface area contributed by atoms with Gasteiger partial charge in [0.05, 0.1) is 17.8 Å². The average Bonchev–Trinajstić information content (AvgIpc) is 3.16. The van der Waals surface area contributed by atoms with Gasteiger partial charge >= 0.3 is 0 Å². The Kier molecular flexibility index (Phi) is 2.80. The number of hydrogen-bond acceptors (Lipinski definition) is 4. The van der Waals surface area contributed by atoms with Crippen molar-refractivity contribution < 1.29 is 9.32 Å². The molecule has 1 fully saturated rings. The standard InChI is InChI=1S/C13H13N3O2/c17-13(10-2-1-5-14-7-10)15-8-11-6-12(16-18-11)9-3-4-9/h1-2,5-7,9H,3-4,8H2,(H,15,17). The van der Waals surface area contributed by atoms with Gasteiger partial charge in [0.2, 0.25) is 0 Å². The normalized spacial score (nSPS) is 14.4. The maximum Gasteiger partial charge on any atom is 0.253 e. The van der Waals surface area contributed by atoms with Gasteiger partial charge < -0.3 is 9.84 Å². The lowest BCUT2D eigenvalue weighted by Gasteiger charge is -2.01. The van der Waals surface area contributed by atoms with Crippen LogP contribution in [-0.2, 0) is 6.54 Å². The number of rotatable bonds is 4. The first kappa shape index (κ1) is 11.0. The molecule has 0 unspecified atom stereocenters. The SMILES string of the molecule is O=C(NCc1cc(C2CC2)no1)c1cccnc1.